The van der Waals surface area contributed by atoms with E-state index in [0.717, 1.165) is 36.8 Å². The first kappa shape index (κ1) is 13.5. The Kier molecular flexibility index (Phi) is 3.50. The van der Waals surface area contributed by atoms with E-state index in [1.807, 2.05) is 9.58 Å². The van der Waals surface area contributed by atoms with Gasteiger partial charge in [-0.15, -0.1) is 0 Å². The van der Waals surface area contributed by atoms with Gasteiger partial charge in [0.2, 0.25) is 5.91 Å². The first-order chi connectivity index (χ1) is 9.56. The number of benzene rings is 1. The monoisotopic (exact) mass is 339 g/mol. The van der Waals surface area contributed by atoms with Crippen LogP contribution in [0.25, 0.3) is 10.9 Å². The molecule has 1 aliphatic rings. The summed E-state index contributed by atoms with van der Waals surface area (Å²) in [5.74, 6) is -0.151. The van der Waals surface area contributed by atoms with E-state index in [0.29, 0.717) is 4.47 Å². The van der Waals surface area contributed by atoms with E-state index in [4.69, 9.17) is 0 Å². The molecule has 1 saturated heterocycles. The van der Waals surface area contributed by atoms with Crippen molar-refractivity contribution in [2.24, 2.45) is 0 Å². The number of likely N-dealkylation sites (tertiary alicyclic amines) is 1. The van der Waals surface area contributed by atoms with Crippen molar-refractivity contribution in [3.8, 4) is 0 Å². The fraction of sp³-hybridized carbons (Fsp3) is 0.429. The lowest BCUT2D eigenvalue weighted by Gasteiger charge is -2.31. The SMILES string of the molecule is CC(=O)N1CCC(n2ncc3cc(F)c(Br)cc32)CC1. The molecule has 2 aromatic rings. The molecule has 1 aliphatic heterocycles. The van der Waals surface area contributed by atoms with E-state index < -0.39 is 0 Å². The van der Waals surface area contributed by atoms with Gasteiger partial charge in [-0.3, -0.25) is 9.48 Å². The van der Waals surface area contributed by atoms with Gasteiger partial charge in [0.05, 0.1) is 22.2 Å². The molecule has 0 atom stereocenters. The third-order valence-corrected chi connectivity index (χ3v) is 4.50. The molecule has 1 aromatic carbocycles. The molecule has 20 heavy (non-hydrogen) atoms. The van der Waals surface area contributed by atoms with Crippen molar-refractivity contribution in [2.45, 2.75) is 25.8 Å². The summed E-state index contributed by atoms with van der Waals surface area (Å²) >= 11 is 3.22. The highest BCUT2D eigenvalue weighted by Crippen LogP contribution is 2.29. The number of carbonyl (C=O) groups excluding carboxylic acids is 1. The molecule has 0 unspecified atom stereocenters. The van der Waals surface area contributed by atoms with Crippen LogP contribution in [-0.4, -0.2) is 33.7 Å². The molecular weight excluding hydrogens is 325 g/mol. The van der Waals surface area contributed by atoms with E-state index in [1.54, 1.807) is 19.2 Å². The summed E-state index contributed by atoms with van der Waals surface area (Å²) < 4.78 is 15.9. The van der Waals surface area contributed by atoms with Crippen LogP contribution in [0.1, 0.15) is 25.8 Å². The van der Waals surface area contributed by atoms with Gasteiger partial charge in [0.25, 0.3) is 0 Å². The first-order valence-electron chi connectivity index (χ1n) is 6.64. The van der Waals surface area contributed by atoms with Crippen molar-refractivity contribution < 1.29 is 9.18 Å². The topological polar surface area (TPSA) is 38.1 Å². The maximum absolute atomic E-state index is 13.5. The molecule has 0 aliphatic carbocycles. The molecular formula is C14H15BrFN3O. The van der Waals surface area contributed by atoms with E-state index in [2.05, 4.69) is 21.0 Å². The first-order valence-corrected chi connectivity index (χ1v) is 7.43. The van der Waals surface area contributed by atoms with Crippen molar-refractivity contribution in [1.29, 1.82) is 0 Å². The van der Waals surface area contributed by atoms with Gasteiger partial charge in [-0.05, 0) is 40.9 Å². The fourth-order valence-electron chi connectivity index (χ4n) is 2.76. The summed E-state index contributed by atoms with van der Waals surface area (Å²) in [6.45, 7) is 3.11. The number of aromatic nitrogens is 2. The zero-order valence-electron chi connectivity index (χ0n) is 11.1. The van der Waals surface area contributed by atoms with Crippen LogP contribution in [0.4, 0.5) is 4.39 Å². The predicted molar refractivity (Wildman–Crippen MR) is 77.9 cm³/mol. The maximum Gasteiger partial charge on any atom is 0.219 e. The number of nitrogens with zero attached hydrogens (tertiary/aromatic N) is 3. The summed E-state index contributed by atoms with van der Waals surface area (Å²) in [4.78, 5) is 13.2. The fourth-order valence-corrected chi connectivity index (χ4v) is 3.09. The normalized spacial score (nSPS) is 16.9. The van der Waals surface area contributed by atoms with Crippen LogP contribution in [0.5, 0.6) is 0 Å². The summed E-state index contributed by atoms with van der Waals surface area (Å²) in [6, 6.07) is 3.53. The Hall–Kier alpha value is -1.43. The Morgan fingerprint density at radius 2 is 2.10 bits per heavy atom. The van der Waals surface area contributed by atoms with Crippen LogP contribution in [0.15, 0.2) is 22.8 Å². The minimum absolute atomic E-state index is 0.124. The molecule has 1 fully saturated rings. The Bertz CT molecular complexity index is 662. The Morgan fingerprint density at radius 3 is 2.75 bits per heavy atom. The van der Waals surface area contributed by atoms with E-state index in [9.17, 15) is 9.18 Å². The number of amides is 1. The largest absolute Gasteiger partial charge is 0.343 e. The molecule has 0 spiro atoms. The van der Waals surface area contributed by atoms with Gasteiger partial charge >= 0.3 is 0 Å². The third-order valence-electron chi connectivity index (χ3n) is 3.89. The van der Waals surface area contributed by atoms with Crippen molar-refractivity contribution in [3.05, 3.63) is 28.6 Å². The second kappa shape index (κ2) is 5.16. The molecule has 4 nitrogen and oxygen atoms in total. The zero-order valence-corrected chi connectivity index (χ0v) is 12.7. The molecule has 3 rings (SSSR count). The van der Waals surface area contributed by atoms with Crippen molar-refractivity contribution in [2.75, 3.05) is 13.1 Å². The highest BCUT2D eigenvalue weighted by molar-refractivity contribution is 9.10. The van der Waals surface area contributed by atoms with Gasteiger partial charge in [0.1, 0.15) is 5.82 Å². The second-order valence-corrected chi connectivity index (χ2v) is 6.01. The van der Waals surface area contributed by atoms with Crippen LogP contribution in [0, 0.1) is 5.82 Å². The molecule has 0 radical (unpaired) electrons. The molecule has 0 N–H and O–H groups in total. The van der Waals surface area contributed by atoms with Crippen molar-refractivity contribution >= 4 is 32.7 Å². The number of hydrogen-bond acceptors (Lipinski definition) is 2. The van der Waals surface area contributed by atoms with Gasteiger partial charge in [-0.1, -0.05) is 0 Å². The Morgan fingerprint density at radius 1 is 1.40 bits per heavy atom. The molecule has 6 heteroatoms. The zero-order chi connectivity index (χ0) is 14.3. The molecule has 106 valence electrons. The summed E-state index contributed by atoms with van der Waals surface area (Å²) in [7, 11) is 0. The van der Waals surface area contributed by atoms with Crippen molar-refractivity contribution in [1.82, 2.24) is 14.7 Å². The lowest BCUT2D eigenvalue weighted by molar-refractivity contribution is -0.130. The van der Waals surface area contributed by atoms with Gasteiger partial charge in [-0.25, -0.2) is 4.39 Å². The van der Waals surface area contributed by atoms with Gasteiger partial charge in [-0.2, -0.15) is 5.10 Å². The number of fused-ring (bicyclic) bond motifs is 1. The highest BCUT2D eigenvalue weighted by Gasteiger charge is 2.23. The molecule has 0 saturated carbocycles. The summed E-state index contributed by atoms with van der Waals surface area (Å²) in [6.07, 6.45) is 3.46. The Balaban J connectivity index is 1.88. The van der Waals surface area contributed by atoms with Crippen LogP contribution in [0.3, 0.4) is 0 Å². The molecule has 1 aromatic heterocycles. The number of carbonyl (C=O) groups is 1. The van der Waals surface area contributed by atoms with Crippen LogP contribution in [0.2, 0.25) is 0 Å². The number of hydrogen-bond donors (Lipinski definition) is 0. The van der Waals surface area contributed by atoms with Gasteiger partial charge in [0, 0.05) is 25.4 Å². The van der Waals surface area contributed by atoms with E-state index in [-0.39, 0.29) is 17.8 Å². The number of piperidine rings is 1. The quantitative estimate of drug-likeness (QED) is 0.800. The Labute approximate surface area is 124 Å². The van der Waals surface area contributed by atoms with Crippen LogP contribution in [-0.2, 0) is 4.79 Å². The standard InChI is InChI=1S/C14H15BrFN3O/c1-9(20)18-4-2-11(3-5-18)19-14-7-12(15)13(16)6-10(14)8-17-19/h6-8,11H,2-5H2,1H3. The van der Waals surface area contributed by atoms with Gasteiger partial charge in [0.15, 0.2) is 0 Å². The smallest absolute Gasteiger partial charge is 0.219 e. The summed E-state index contributed by atoms with van der Waals surface area (Å²) in [5, 5.41) is 5.20. The lowest BCUT2D eigenvalue weighted by atomic mass is 10.0. The minimum atomic E-state index is -0.275. The molecule has 0 bridgehead atoms. The highest BCUT2D eigenvalue weighted by atomic mass is 79.9. The molecule has 1 amide bonds. The predicted octanol–water partition coefficient (Wildman–Crippen LogP) is 3.12. The van der Waals surface area contributed by atoms with Crippen LogP contribution >= 0.6 is 15.9 Å². The van der Waals surface area contributed by atoms with Crippen molar-refractivity contribution in [3.63, 3.8) is 0 Å². The number of rotatable bonds is 1. The number of halogens is 2. The minimum Gasteiger partial charge on any atom is -0.343 e. The average Bonchev–Trinajstić information content (AvgIpc) is 2.82. The van der Waals surface area contributed by atoms with E-state index in [1.165, 1.54) is 6.07 Å². The molecule has 2 heterocycles. The van der Waals surface area contributed by atoms with Crippen LogP contribution < -0.4 is 0 Å². The van der Waals surface area contributed by atoms with E-state index >= 15 is 0 Å². The summed E-state index contributed by atoms with van der Waals surface area (Å²) in [5.41, 5.74) is 0.930. The second-order valence-electron chi connectivity index (χ2n) is 5.15. The lowest BCUT2D eigenvalue weighted by Crippen LogP contribution is -2.37. The third kappa shape index (κ3) is 2.32. The van der Waals surface area contributed by atoms with Gasteiger partial charge < -0.3 is 4.90 Å². The maximum atomic E-state index is 13.5. The average molecular weight is 340 g/mol.